The fraction of sp³-hybridized carbons (Fsp3) is 0.440. The molecule has 7 nitrogen and oxygen atoms in total. The van der Waals surface area contributed by atoms with Crippen LogP contribution in [0.4, 0.5) is 18.9 Å². The van der Waals surface area contributed by atoms with Gasteiger partial charge in [0.05, 0.1) is 32.6 Å². The predicted molar refractivity (Wildman–Crippen MR) is 148 cm³/mol. The van der Waals surface area contributed by atoms with Crippen molar-refractivity contribution in [2.75, 3.05) is 23.7 Å². The molecule has 1 unspecified atom stereocenters. The molecule has 0 bridgehead atoms. The molecule has 0 aromatic heterocycles. The molecule has 0 saturated carbocycles. The van der Waals surface area contributed by atoms with Crippen molar-refractivity contribution in [3.8, 4) is 0 Å². The van der Waals surface area contributed by atoms with E-state index in [-0.39, 0.29) is 34.0 Å². The Morgan fingerprint density at radius 1 is 1.00 bits per heavy atom. The zero-order valence-corrected chi connectivity index (χ0v) is 24.7. The molecule has 1 N–H and O–H groups in total. The fourth-order valence-corrected chi connectivity index (χ4v) is 5.10. The van der Waals surface area contributed by atoms with E-state index in [0.717, 1.165) is 17.2 Å². The number of carbonyl (C=O) groups excluding carboxylic acids is 2. The number of halogens is 6. The van der Waals surface area contributed by atoms with E-state index in [1.807, 2.05) is 13.8 Å². The normalized spacial score (nSPS) is 12.8. The van der Waals surface area contributed by atoms with Crippen LogP contribution in [0.1, 0.15) is 38.3 Å². The van der Waals surface area contributed by atoms with Crippen molar-refractivity contribution in [2.24, 2.45) is 5.92 Å². The van der Waals surface area contributed by atoms with E-state index < -0.39 is 51.9 Å². The number of hydrogen-bond acceptors (Lipinski definition) is 4. The highest BCUT2D eigenvalue weighted by Gasteiger charge is 2.35. The number of alkyl halides is 3. The Bertz CT molecular complexity index is 1310. The summed E-state index contributed by atoms with van der Waals surface area (Å²) in [4.78, 5) is 27.9. The molecular weight excluding hydrogens is 602 g/mol. The molecule has 39 heavy (non-hydrogen) atoms. The van der Waals surface area contributed by atoms with Crippen molar-refractivity contribution in [1.29, 1.82) is 0 Å². The smallest absolute Gasteiger partial charge is 0.354 e. The number of sulfonamides is 1. The van der Waals surface area contributed by atoms with Gasteiger partial charge in [-0.05, 0) is 48.2 Å². The van der Waals surface area contributed by atoms with Crippen LogP contribution in [-0.4, -0.2) is 50.5 Å². The Morgan fingerprint density at radius 3 is 2.13 bits per heavy atom. The van der Waals surface area contributed by atoms with Gasteiger partial charge in [-0.3, -0.25) is 13.9 Å². The summed E-state index contributed by atoms with van der Waals surface area (Å²) in [5, 5.41) is 2.93. The van der Waals surface area contributed by atoms with Crippen molar-refractivity contribution in [3.63, 3.8) is 0 Å². The highest BCUT2D eigenvalue weighted by Crippen LogP contribution is 2.36. The first-order valence-corrected chi connectivity index (χ1v) is 14.8. The standard InChI is InChI=1S/C25H29Cl3F3N3O4S/c1-5-21(24(36)32-12-15(2)3)33(13-16-6-8-18(26)20(28)10-16)23(35)14-34(39(4,37)38)22-11-17(25(29,30)31)7-9-19(22)27/h6-11,15,21H,5,12-14H2,1-4H3,(H,32,36). The summed E-state index contributed by atoms with van der Waals surface area (Å²) in [7, 11) is -4.30. The predicted octanol–water partition coefficient (Wildman–Crippen LogP) is 6.01. The third-order valence-electron chi connectivity index (χ3n) is 5.63. The Morgan fingerprint density at radius 2 is 1.62 bits per heavy atom. The van der Waals surface area contributed by atoms with Gasteiger partial charge in [-0.1, -0.05) is 61.6 Å². The zero-order chi connectivity index (χ0) is 29.7. The number of anilines is 1. The van der Waals surface area contributed by atoms with Crippen molar-refractivity contribution < 1.29 is 31.2 Å². The lowest BCUT2D eigenvalue weighted by atomic mass is 10.1. The van der Waals surface area contributed by atoms with E-state index in [4.69, 9.17) is 34.8 Å². The highest BCUT2D eigenvalue weighted by atomic mass is 35.5. The van der Waals surface area contributed by atoms with E-state index in [1.165, 1.54) is 12.1 Å². The maximum absolute atomic E-state index is 13.7. The Balaban J connectivity index is 2.55. The molecule has 0 aliphatic rings. The molecule has 1 atom stereocenters. The molecule has 216 valence electrons. The van der Waals surface area contributed by atoms with E-state index >= 15 is 0 Å². The van der Waals surface area contributed by atoms with Crippen LogP contribution in [0.5, 0.6) is 0 Å². The molecule has 0 fully saturated rings. The van der Waals surface area contributed by atoms with Crippen LogP contribution in [0.15, 0.2) is 36.4 Å². The Hall–Kier alpha value is -2.21. The van der Waals surface area contributed by atoms with Crippen LogP contribution in [0, 0.1) is 5.92 Å². The topological polar surface area (TPSA) is 86.8 Å². The van der Waals surface area contributed by atoms with Gasteiger partial charge in [-0.2, -0.15) is 13.2 Å². The number of benzene rings is 2. The number of carbonyl (C=O) groups is 2. The molecule has 2 aromatic rings. The molecule has 0 aliphatic heterocycles. The van der Waals surface area contributed by atoms with Gasteiger partial charge in [0.25, 0.3) is 0 Å². The van der Waals surface area contributed by atoms with Gasteiger partial charge >= 0.3 is 6.18 Å². The second kappa shape index (κ2) is 13.4. The first kappa shape index (κ1) is 33.0. The second-order valence-electron chi connectivity index (χ2n) is 9.27. The number of amides is 2. The van der Waals surface area contributed by atoms with E-state index in [1.54, 1.807) is 13.0 Å². The summed E-state index contributed by atoms with van der Waals surface area (Å²) >= 11 is 18.2. The van der Waals surface area contributed by atoms with Crippen molar-refractivity contribution >= 4 is 62.3 Å². The summed E-state index contributed by atoms with van der Waals surface area (Å²) in [6.45, 7) is 4.73. The molecular formula is C25H29Cl3F3N3O4S. The van der Waals surface area contributed by atoms with Crippen LogP contribution in [0.25, 0.3) is 0 Å². The first-order chi connectivity index (χ1) is 17.9. The summed E-state index contributed by atoms with van der Waals surface area (Å²) in [5.41, 5.74) is -1.17. The van der Waals surface area contributed by atoms with Crippen molar-refractivity contribution in [3.05, 3.63) is 62.6 Å². The van der Waals surface area contributed by atoms with Gasteiger partial charge in [0.1, 0.15) is 12.6 Å². The minimum absolute atomic E-state index is 0.120. The molecule has 14 heteroatoms. The molecule has 0 heterocycles. The van der Waals surface area contributed by atoms with Gasteiger partial charge in [-0.25, -0.2) is 8.42 Å². The molecule has 2 aromatic carbocycles. The first-order valence-electron chi connectivity index (χ1n) is 11.8. The number of rotatable bonds is 11. The van der Waals surface area contributed by atoms with E-state index in [9.17, 15) is 31.2 Å². The lowest BCUT2D eigenvalue weighted by Gasteiger charge is -2.33. The van der Waals surface area contributed by atoms with Crippen LogP contribution >= 0.6 is 34.8 Å². The lowest BCUT2D eigenvalue weighted by molar-refractivity contribution is -0.140. The van der Waals surface area contributed by atoms with E-state index in [2.05, 4.69) is 5.32 Å². The van der Waals surface area contributed by atoms with Gasteiger partial charge in [0, 0.05) is 13.1 Å². The SMILES string of the molecule is CCC(C(=O)NCC(C)C)N(Cc1ccc(Cl)c(Cl)c1)C(=O)CN(c1cc(C(F)(F)F)ccc1Cl)S(C)(=O)=O. The monoisotopic (exact) mass is 629 g/mol. The number of hydrogen-bond donors (Lipinski definition) is 1. The van der Waals surface area contributed by atoms with Gasteiger partial charge in [0.2, 0.25) is 21.8 Å². The summed E-state index contributed by atoms with van der Waals surface area (Å²) in [5.74, 6) is -1.19. The zero-order valence-electron chi connectivity index (χ0n) is 21.7. The molecule has 0 saturated heterocycles. The molecule has 2 rings (SSSR count). The minimum Gasteiger partial charge on any atom is -0.354 e. The van der Waals surface area contributed by atoms with Crippen LogP contribution in [-0.2, 0) is 32.3 Å². The second-order valence-corrected chi connectivity index (χ2v) is 12.4. The average molecular weight is 631 g/mol. The summed E-state index contributed by atoms with van der Waals surface area (Å²) < 4.78 is 66.0. The maximum atomic E-state index is 13.7. The average Bonchev–Trinajstić information content (AvgIpc) is 2.82. The minimum atomic E-state index is -4.78. The van der Waals surface area contributed by atoms with Gasteiger partial charge in [-0.15, -0.1) is 0 Å². The quantitative estimate of drug-likeness (QED) is 0.330. The molecule has 0 radical (unpaired) electrons. The summed E-state index contributed by atoms with van der Waals surface area (Å²) in [6, 6.07) is 5.75. The van der Waals surface area contributed by atoms with Crippen LogP contribution in [0.2, 0.25) is 15.1 Å². The molecule has 2 amide bonds. The van der Waals surface area contributed by atoms with E-state index in [0.29, 0.717) is 28.5 Å². The van der Waals surface area contributed by atoms with Gasteiger partial charge in [0.15, 0.2) is 0 Å². The third kappa shape index (κ3) is 9.16. The number of nitrogens with one attached hydrogen (secondary N) is 1. The summed E-state index contributed by atoms with van der Waals surface area (Å²) in [6.07, 6.45) is -3.87. The maximum Gasteiger partial charge on any atom is 0.416 e. The largest absolute Gasteiger partial charge is 0.416 e. The highest BCUT2D eigenvalue weighted by molar-refractivity contribution is 7.92. The lowest BCUT2D eigenvalue weighted by Crippen LogP contribution is -2.52. The molecule has 0 spiro atoms. The van der Waals surface area contributed by atoms with Crippen molar-refractivity contribution in [1.82, 2.24) is 10.2 Å². The van der Waals surface area contributed by atoms with Crippen LogP contribution < -0.4 is 9.62 Å². The van der Waals surface area contributed by atoms with Gasteiger partial charge < -0.3 is 10.2 Å². The fourth-order valence-electron chi connectivity index (χ4n) is 3.65. The number of nitrogens with zero attached hydrogens (tertiary/aromatic N) is 2. The van der Waals surface area contributed by atoms with Crippen LogP contribution in [0.3, 0.4) is 0 Å². The van der Waals surface area contributed by atoms with Crippen molar-refractivity contribution in [2.45, 2.75) is 46.0 Å². The molecule has 0 aliphatic carbocycles. The Labute approximate surface area is 241 Å². The Kier molecular flexibility index (Phi) is 11.4. The third-order valence-corrected chi connectivity index (χ3v) is 7.81.